The van der Waals surface area contributed by atoms with E-state index in [2.05, 4.69) is 16.0 Å². The lowest BCUT2D eigenvalue weighted by Gasteiger charge is -2.37. The van der Waals surface area contributed by atoms with Gasteiger partial charge in [-0.05, 0) is 63.4 Å². The topological polar surface area (TPSA) is 181 Å². The van der Waals surface area contributed by atoms with Crippen molar-refractivity contribution in [2.24, 2.45) is 23.2 Å². The van der Waals surface area contributed by atoms with Gasteiger partial charge in [-0.2, -0.15) is 0 Å². The molecule has 0 aromatic heterocycles. The van der Waals surface area contributed by atoms with Crippen LogP contribution in [-0.2, 0) is 49.5 Å². The third-order valence-corrected chi connectivity index (χ3v) is 12.0. The van der Waals surface area contributed by atoms with Crippen LogP contribution in [0.2, 0.25) is 0 Å². The summed E-state index contributed by atoms with van der Waals surface area (Å²) in [5, 5.41) is 8.39. The molecule has 2 saturated heterocycles. The van der Waals surface area contributed by atoms with Crippen molar-refractivity contribution >= 4 is 41.5 Å². The molecule has 0 aliphatic carbocycles. The first kappa shape index (κ1) is 47.9. The van der Waals surface area contributed by atoms with Gasteiger partial charge in [-0.1, -0.05) is 98.1 Å². The number of fused-ring (bicyclic) bond motifs is 1. The SMILES string of the molecule is CCCCCC1OC(=O)CNC(=O)C([C@@H](C)CC)NC(=O)[C@@H]2CCCN2C(=O)[C@H]([C@@H](C)CC)OC(=O)C(Cc2ccccc2)N(C)C(=O)[C@H](C(C)C)NC(=O)C1(C)C. The fourth-order valence-electron chi connectivity index (χ4n) is 7.44. The lowest BCUT2D eigenvalue weighted by Crippen LogP contribution is -2.59. The van der Waals surface area contributed by atoms with E-state index < -0.39 is 102 Å². The highest BCUT2D eigenvalue weighted by Crippen LogP contribution is 2.30. The van der Waals surface area contributed by atoms with Gasteiger partial charge in [-0.15, -0.1) is 0 Å². The zero-order chi connectivity index (χ0) is 43.3. The van der Waals surface area contributed by atoms with Crippen LogP contribution in [0.1, 0.15) is 119 Å². The molecule has 14 nitrogen and oxygen atoms in total. The van der Waals surface area contributed by atoms with Crippen molar-refractivity contribution in [2.75, 3.05) is 20.1 Å². The number of carbonyl (C=O) groups excluding carboxylic acids is 7. The molecule has 8 atom stereocenters. The fourth-order valence-corrected chi connectivity index (χ4v) is 7.44. The van der Waals surface area contributed by atoms with Crippen LogP contribution in [0, 0.1) is 23.2 Å². The molecule has 2 fully saturated rings. The van der Waals surface area contributed by atoms with E-state index in [1.54, 1.807) is 34.6 Å². The zero-order valence-corrected chi connectivity index (χ0v) is 36.4. The number of hydrogen-bond donors (Lipinski definition) is 3. The molecule has 0 bridgehead atoms. The summed E-state index contributed by atoms with van der Waals surface area (Å²) in [6, 6.07) is 4.92. The molecule has 5 amide bonds. The maximum Gasteiger partial charge on any atom is 0.329 e. The lowest BCUT2D eigenvalue weighted by molar-refractivity contribution is -0.170. The minimum absolute atomic E-state index is 0.0663. The third-order valence-electron chi connectivity index (χ3n) is 12.0. The average molecular weight is 812 g/mol. The highest BCUT2D eigenvalue weighted by atomic mass is 16.6. The molecule has 324 valence electrons. The van der Waals surface area contributed by atoms with Crippen molar-refractivity contribution in [1.82, 2.24) is 25.8 Å². The largest absolute Gasteiger partial charge is 0.460 e. The molecular weight excluding hydrogens is 743 g/mol. The second-order valence-electron chi connectivity index (χ2n) is 17.1. The van der Waals surface area contributed by atoms with Gasteiger partial charge in [0.2, 0.25) is 23.6 Å². The quantitative estimate of drug-likeness (QED) is 0.217. The molecule has 2 aliphatic heterocycles. The van der Waals surface area contributed by atoms with E-state index in [1.165, 1.54) is 16.8 Å². The van der Waals surface area contributed by atoms with Gasteiger partial charge in [0.1, 0.15) is 36.8 Å². The number of hydrogen-bond acceptors (Lipinski definition) is 9. The van der Waals surface area contributed by atoms with Gasteiger partial charge in [0, 0.05) is 25.9 Å². The number of amides is 5. The second-order valence-corrected chi connectivity index (χ2v) is 17.1. The number of nitrogens with one attached hydrogen (secondary N) is 3. The Labute approximate surface area is 345 Å². The Morgan fingerprint density at radius 3 is 2.07 bits per heavy atom. The van der Waals surface area contributed by atoms with E-state index in [4.69, 9.17) is 9.47 Å². The molecule has 0 spiro atoms. The minimum Gasteiger partial charge on any atom is -0.460 e. The Hall–Kier alpha value is -4.49. The van der Waals surface area contributed by atoms with Crippen molar-refractivity contribution < 1.29 is 43.0 Å². The first-order valence-electron chi connectivity index (χ1n) is 21.3. The van der Waals surface area contributed by atoms with Gasteiger partial charge >= 0.3 is 11.9 Å². The number of rotatable bonds is 11. The van der Waals surface area contributed by atoms with E-state index in [0.717, 1.165) is 18.4 Å². The summed E-state index contributed by atoms with van der Waals surface area (Å²) < 4.78 is 12.1. The van der Waals surface area contributed by atoms with Gasteiger partial charge in [0.25, 0.3) is 5.91 Å². The van der Waals surface area contributed by atoms with Crippen molar-refractivity contribution in [3.8, 4) is 0 Å². The molecule has 1 aromatic rings. The smallest absolute Gasteiger partial charge is 0.329 e. The van der Waals surface area contributed by atoms with Gasteiger partial charge in [0.15, 0.2) is 6.10 Å². The van der Waals surface area contributed by atoms with Crippen molar-refractivity contribution in [3.63, 3.8) is 0 Å². The number of nitrogens with zero attached hydrogens (tertiary/aromatic N) is 2. The standard InChI is InChI=1S/C44H69N5O9/c1-11-14-16-23-33-44(8,9)43(56)47-35(27(4)5)40(53)48(10)32(25-30-20-17-15-18-21-30)42(55)58-37(29(7)13-3)41(54)49-24-19-22-31(49)38(51)46-36(28(6)12-2)39(52)45-26-34(50)57-33/h15,17-18,20-21,27-29,31-33,35-37H,11-14,16,19,22-26H2,1-10H3,(H,45,52)(H,46,51)(H,47,56)/t28-,29-,31-,32?,33?,35-,36?,37-/m0/s1. The van der Waals surface area contributed by atoms with Gasteiger partial charge in [-0.3, -0.25) is 28.8 Å². The lowest BCUT2D eigenvalue weighted by atomic mass is 9.82. The van der Waals surface area contributed by atoms with Gasteiger partial charge in [-0.25, -0.2) is 4.79 Å². The zero-order valence-electron chi connectivity index (χ0n) is 36.4. The molecule has 2 aliphatic rings. The number of likely N-dealkylation sites (N-methyl/N-ethyl adjacent to an activating group) is 1. The predicted molar refractivity (Wildman–Crippen MR) is 220 cm³/mol. The highest BCUT2D eigenvalue weighted by molar-refractivity contribution is 5.96. The van der Waals surface area contributed by atoms with E-state index in [-0.39, 0.29) is 18.9 Å². The maximum absolute atomic E-state index is 14.5. The van der Waals surface area contributed by atoms with Crippen LogP contribution in [0.5, 0.6) is 0 Å². The summed E-state index contributed by atoms with van der Waals surface area (Å²) in [6.07, 6.45) is 2.50. The first-order valence-corrected chi connectivity index (χ1v) is 21.3. The monoisotopic (exact) mass is 812 g/mol. The predicted octanol–water partition coefficient (Wildman–Crippen LogP) is 4.32. The second kappa shape index (κ2) is 22.0. The molecule has 58 heavy (non-hydrogen) atoms. The summed E-state index contributed by atoms with van der Waals surface area (Å²) in [7, 11) is 1.49. The van der Waals surface area contributed by atoms with Crippen LogP contribution in [0.4, 0.5) is 0 Å². The van der Waals surface area contributed by atoms with E-state index in [9.17, 15) is 33.6 Å². The molecule has 3 unspecified atom stereocenters. The van der Waals surface area contributed by atoms with Crippen LogP contribution >= 0.6 is 0 Å². The molecule has 0 saturated carbocycles. The fraction of sp³-hybridized carbons (Fsp3) is 0.705. The molecule has 3 rings (SSSR count). The molecule has 1 aromatic carbocycles. The number of carbonyl (C=O) groups is 7. The summed E-state index contributed by atoms with van der Waals surface area (Å²) in [5.74, 6) is -5.47. The Morgan fingerprint density at radius 1 is 0.810 bits per heavy atom. The normalized spacial score (nSPS) is 27.0. The van der Waals surface area contributed by atoms with Gasteiger partial charge in [0.05, 0.1) is 5.41 Å². The van der Waals surface area contributed by atoms with E-state index in [1.807, 2.05) is 58.0 Å². The summed E-state index contributed by atoms with van der Waals surface area (Å²) in [4.78, 5) is 101. The van der Waals surface area contributed by atoms with E-state index >= 15 is 0 Å². The molecule has 3 N–H and O–H groups in total. The molecule has 2 heterocycles. The third kappa shape index (κ3) is 12.3. The summed E-state index contributed by atoms with van der Waals surface area (Å²) in [5.41, 5.74) is -0.570. The number of cyclic esters (lactones) is 2. The Bertz CT molecular complexity index is 1580. The molecular formula is C44H69N5O9. The van der Waals surface area contributed by atoms with Crippen LogP contribution in [0.25, 0.3) is 0 Å². The number of unbranched alkanes of at least 4 members (excludes halogenated alkanes) is 2. The molecule has 0 radical (unpaired) electrons. The molecule has 14 heteroatoms. The van der Waals surface area contributed by atoms with Crippen molar-refractivity contribution in [1.29, 1.82) is 0 Å². The average Bonchev–Trinajstić information content (AvgIpc) is 3.70. The Kier molecular flexibility index (Phi) is 18.2. The summed E-state index contributed by atoms with van der Waals surface area (Å²) >= 11 is 0. The first-order chi connectivity index (χ1) is 27.4. The van der Waals surface area contributed by atoms with Crippen LogP contribution in [-0.4, -0.2) is 108 Å². The van der Waals surface area contributed by atoms with Crippen molar-refractivity contribution in [3.05, 3.63) is 35.9 Å². The summed E-state index contributed by atoms with van der Waals surface area (Å²) in [6.45, 7) is 16.0. The number of benzene rings is 1. The number of esters is 2. The van der Waals surface area contributed by atoms with Gasteiger partial charge < -0.3 is 35.2 Å². The van der Waals surface area contributed by atoms with Crippen LogP contribution in [0.3, 0.4) is 0 Å². The van der Waals surface area contributed by atoms with Crippen molar-refractivity contribution in [2.45, 2.75) is 156 Å². The highest BCUT2D eigenvalue weighted by Gasteiger charge is 2.45. The van der Waals surface area contributed by atoms with E-state index in [0.29, 0.717) is 38.5 Å². The maximum atomic E-state index is 14.5. The number of ether oxygens (including phenoxy) is 2. The minimum atomic E-state index is -1.32. The Balaban J connectivity index is 2.16. The van der Waals surface area contributed by atoms with Crippen LogP contribution < -0.4 is 16.0 Å². The van der Waals surface area contributed by atoms with Crippen LogP contribution in [0.15, 0.2) is 30.3 Å². The Morgan fingerprint density at radius 2 is 1.47 bits per heavy atom.